The highest BCUT2D eigenvalue weighted by Crippen LogP contribution is 2.33. The zero-order valence-electron chi connectivity index (χ0n) is 34.5. The van der Waals surface area contributed by atoms with Crippen LogP contribution in [0.3, 0.4) is 0 Å². The largest absolute Gasteiger partial charge is 0.493 e. The maximum Gasteiger partial charge on any atom is 0.416 e. The van der Waals surface area contributed by atoms with Crippen LogP contribution >= 0.6 is 7.92 Å². The van der Waals surface area contributed by atoms with Crippen molar-refractivity contribution < 1.29 is 23.8 Å². The molecule has 0 bridgehead atoms. The summed E-state index contributed by atoms with van der Waals surface area (Å²) in [5.74, 6) is 1.31. The molecule has 1 aliphatic rings. The Kier molecular flexibility index (Phi) is 14.8. The number of aromatic nitrogens is 2. The van der Waals surface area contributed by atoms with Gasteiger partial charge in [0.15, 0.2) is 0 Å². The van der Waals surface area contributed by atoms with Crippen molar-refractivity contribution in [1.82, 2.24) is 9.55 Å². The van der Waals surface area contributed by atoms with Crippen molar-refractivity contribution in [2.45, 2.75) is 84.8 Å². The second-order valence-corrected chi connectivity index (χ2v) is 17.6. The third kappa shape index (κ3) is 11.3. The minimum Gasteiger partial charge on any atom is -0.493 e. The highest BCUT2D eigenvalue weighted by molar-refractivity contribution is 7.79. The summed E-state index contributed by atoms with van der Waals surface area (Å²) in [6.07, 6.45) is 6.35. The molecule has 8 nitrogen and oxygen atoms in total. The van der Waals surface area contributed by atoms with Crippen molar-refractivity contribution in [1.29, 1.82) is 0 Å². The van der Waals surface area contributed by atoms with Gasteiger partial charge in [-0.15, -0.1) is 0 Å². The van der Waals surface area contributed by atoms with Gasteiger partial charge in [-0.1, -0.05) is 110 Å². The van der Waals surface area contributed by atoms with Gasteiger partial charge in [-0.05, 0) is 107 Å². The predicted molar refractivity (Wildman–Crippen MR) is 238 cm³/mol. The van der Waals surface area contributed by atoms with Crippen LogP contribution in [0.5, 0.6) is 5.75 Å². The van der Waals surface area contributed by atoms with E-state index in [9.17, 15) is 9.59 Å². The summed E-state index contributed by atoms with van der Waals surface area (Å²) in [6, 6.07) is 44.6. The van der Waals surface area contributed by atoms with E-state index >= 15 is 0 Å². The average Bonchev–Trinajstić information content (AvgIpc) is 3.65. The molecule has 9 heteroatoms. The molecular weight excluding hydrogens is 742 g/mol. The number of esters is 1. The molecule has 4 aromatic carbocycles. The van der Waals surface area contributed by atoms with Crippen molar-refractivity contribution in [2.24, 2.45) is 0 Å². The number of rotatable bonds is 13. The Bertz CT molecular complexity index is 2130. The lowest BCUT2D eigenvalue weighted by atomic mass is 10.1. The van der Waals surface area contributed by atoms with Gasteiger partial charge in [0.2, 0.25) is 0 Å². The van der Waals surface area contributed by atoms with Gasteiger partial charge >= 0.3 is 12.1 Å². The minimum atomic E-state index is -0.556. The third-order valence-corrected chi connectivity index (χ3v) is 12.2. The molecule has 0 N–H and O–H groups in total. The van der Waals surface area contributed by atoms with Gasteiger partial charge in [-0.2, -0.15) is 0 Å². The van der Waals surface area contributed by atoms with Gasteiger partial charge < -0.3 is 18.8 Å². The summed E-state index contributed by atoms with van der Waals surface area (Å²) in [6.45, 7) is 11.0. The van der Waals surface area contributed by atoms with Crippen molar-refractivity contribution in [2.75, 3.05) is 24.7 Å². The molecule has 1 unspecified atom stereocenters. The van der Waals surface area contributed by atoms with E-state index in [-0.39, 0.29) is 18.1 Å². The second kappa shape index (κ2) is 20.3. The number of hydrogen-bond acceptors (Lipinski definition) is 6. The molecule has 0 spiro atoms. The van der Waals surface area contributed by atoms with Crippen LogP contribution in [-0.2, 0) is 27.1 Å². The number of amides is 1. The first-order valence-electron chi connectivity index (χ1n) is 20.5. The summed E-state index contributed by atoms with van der Waals surface area (Å²) in [4.78, 5) is 31.4. The minimum absolute atomic E-state index is 0.0636. The molecule has 1 aliphatic heterocycles. The summed E-state index contributed by atoms with van der Waals surface area (Å²) in [7, 11) is -0.446. The average molecular weight is 798 g/mol. The van der Waals surface area contributed by atoms with Crippen LogP contribution in [-0.4, -0.2) is 47.0 Å². The molecule has 1 atom stereocenters. The van der Waals surface area contributed by atoms with Crippen LogP contribution < -0.4 is 25.6 Å². The van der Waals surface area contributed by atoms with E-state index in [0.29, 0.717) is 38.4 Å². The van der Waals surface area contributed by atoms with E-state index < -0.39 is 13.5 Å². The van der Waals surface area contributed by atoms with Crippen molar-refractivity contribution in [3.8, 4) is 5.75 Å². The number of pyridine rings is 1. The Morgan fingerprint density at radius 3 is 2.03 bits per heavy atom. The van der Waals surface area contributed by atoms with Crippen molar-refractivity contribution in [3.05, 3.63) is 145 Å². The Labute approximate surface area is 344 Å². The topological polar surface area (TPSA) is 82.9 Å². The molecule has 3 heterocycles. The second-order valence-electron chi connectivity index (χ2n) is 15.4. The van der Waals surface area contributed by atoms with Crippen LogP contribution in [0, 0.1) is 0 Å². The van der Waals surface area contributed by atoms with Gasteiger partial charge in [0.1, 0.15) is 17.2 Å². The van der Waals surface area contributed by atoms with E-state index in [1.165, 1.54) is 15.9 Å². The van der Waals surface area contributed by atoms with Crippen LogP contribution in [0.25, 0.3) is 10.9 Å². The highest BCUT2D eigenvalue weighted by atomic mass is 31.1. The predicted octanol–water partition coefficient (Wildman–Crippen LogP) is 10.1. The Hall–Kier alpha value is -5.46. The number of carbonyl (C=O) groups excluding carboxylic acids is 2. The van der Waals surface area contributed by atoms with Crippen molar-refractivity contribution in [3.63, 3.8) is 0 Å². The lowest BCUT2D eigenvalue weighted by Gasteiger charge is -2.31. The van der Waals surface area contributed by atoms with Gasteiger partial charge in [0, 0.05) is 41.8 Å². The number of hydrogen-bond donors (Lipinski definition) is 0. The summed E-state index contributed by atoms with van der Waals surface area (Å²) in [5.41, 5.74) is 2.46. The quantitative estimate of drug-likeness (QED) is 0.0855. The number of carbonyl (C=O) groups is 2. The molecule has 58 heavy (non-hydrogen) atoms. The first-order chi connectivity index (χ1) is 28.1. The summed E-state index contributed by atoms with van der Waals surface area (Å²) < 4.78 is 19.1. The molecule has 0 radical (unpaired) electrons. The third-order valence-electron chi connectivity index (χ3n) is 9.80. The number of anilines is 1. The van der Waals surface area contributed by atoms with Crippen LogP contribution in [0.1, 0.15) is 77.6 Å². The van der Waals surface area contributed by atoms with E-state index in [2.05, 4.69) is 115 Å². The molecule has 0 saturated heterocycles. The first-order valence-corrected chi connectivity index (χ1v) is 21.8. The summed E-state index contributed by atoms with van der Waals surface area (Å²) >= 11 is 0. The molecule has 0 aliphatic carbocycles. The molecule has 1 amide bonds. The van der Waals surface area contributed by atoms with E-state index in [4.69, 9.17) is 19.2 Å². The zero-order valence-corrected chi connectivity index (χ0v) is 35.4. The maximum absolute atomic E-state index is 12.8. The lowest BCUT2D eigenvalue weighted by molar-refractivity contribution is -0.144. The molecule has 7 rings (SSSR count). The smallest absolute Gasteiger partial charge is 0.416 e. The maximum atomic E-state index is 12.8. The zero-order chi connectivity index (χ0) is 40.9. The fraction of sp³-hybridized carbons (Fsp3) is 0.327. The number of nitrogens with zero attached hydrogens (tertiary/aromatic N) is 3. The fourth-order valence-electron chi connectivity index (χ4n) is 7.20. The Morgan fingerprint density at radius 1 is 0.810 bits per heavy atom. The summed E-state index contributed by atoms with van der Waals surface area (Å²) in [5, 5.41) is 5.26. The van der Waals surface area contributed by atoms with Crippen LogP contribution in [0.2, 0.25) is 0 Å². The lowest BCUT2D eigenvalue weighted by Crippen LogP contribution is -2.40. The molecule has 6 aromatic rings. The van der Waals surface area contributed by atoms with Gasteiger partial charge in [0.05, 0.1) is 19.6 Å². The monoisotopic (exact) mass is 797 g/mol. The SMILES string of the molecule is CCCC(CC(=O)OCC)n1ccc2cc(OCCc3ccc4c(n3)N(C(=O)OC(C)(C)C)CCC4)ccc21.c1ccc(P(c2ccccc2)c2ccccc2)cc1. The van der Waals surface area contributed by atoms with Gasteiger partial charge in [0.25, 0.3) is 0 Å². The number of aryl methyl sites for hydroxylation is 1. The highest BCUT2D eigenvalue weighted by Gasteiger charge is 2.28. The van der Waals surface area contributed by atoms with Crippen LogP contribution in [0.15, 0.2) is 134 Å². The Balaban J connectivity index is 0.000000247. The van der Waals surface area contributed by atoms with Crippen LogP contribution in [0.4, 0.5) is 10.6 Å². The number of ether oxygens (including phenoxy) is 3. The Morgan fingerprint density at radius 2 is 1.45 bits per heavy atom. The molecule has 0 saturated carbocycles. The van der Waals surface area contributed by atoms with Gasteiger partial charge in [-0.25, -0.2) is 9.78 Å². The van der Waals surface area contributed by atoms with E-state index in [0.717, 1.165) is 53.6 Å². The number of benzene rings is 4. The van der Waals surface area contributed by atoms with Crippen molar-refractivity contribution >= 4 is 52.6 Å². The van der Waals surface area contributed by atoms with E-state index in [1.807, 2.05) is 58.2 Å². The molecular formula is C49H56N3O5P. The number of fused-ring (bicyclic) bond motifs is 2. The standard InChI is InChI=1S/C31H41N3O5.C18H15P/c1-6-9-25(21-28(35)37-7-2)33-18-15-23-20-26(13-14-27(23)33)38-19-16-24-12-11-22-10-8-17-34(29(22)32-24)30(36)39-31(3,4)5;1-4-10-16(11-5-1)19(17-12-6-2-7-13-17)18-14-8-3-9-15-18/h11-15,18,20,25H,6-10,16-17,19,21H2,1-5H3;1-15H. The molecule has 0 fully saturated rings. The molecule has 2 aromatic heterocycles. The van der Waals surface area contributed by atoms with E-state index in [1.54, 1.807) is 4.90 Å². The van der Waals surface area contributed by atoms with Gasteiger partial charge in [-0.3, -0.25) is 9.69 Å². The normalized spacial score (nSPS) is 13.0. The first kappa shape index (κ1) is 42.2. The molecule has 302 valence electrons. The fourth-order valence-corrected chi connectivity index (χ4v) is 9.51.